The molecule has 0 bridgehead atoms. The number of nitrogens with zero attached hydrogens (tertiary/aromatic N) is 2. The van der Waals surface area contributed by atoms with E-state index in [0.29, 0.717) is 12.5 Å². The van der Waals surface area contributed by atoms with Gasteiger partial charge >= 0.3 is 0 Å². The van der Waals surface area contributed by atoms with Gasteiger partial charge in [0.15, 0.2) is 0 Å². The molecule has 124 valence electrons. The minimum Gasteiger partial charge on any atom is -0.465 e. The number of hydrogen-bond donors (Lipinski definition) is 0. The highest BCUT2D eigenvalue weighted by atomic mass is 16.5. The molecule has 3 rings (SSSR count). The van der Waals surface area contributed by atoms with Crippen LogP contribution in [0.4, 0.5) is 0 Å². The van der Waals surface area contributed by atoms with E-state index in [1.54, 1.807) is 0 Å². The van der Waals surface area contributed by atoms with E-state index in [1.165, 1.54) is 0 Å². The monoisotopic (exact) mass is 308 g/mol. The Labute approximate surface area is 133 Å². The summed E-state index contributed by atoms with van der Waals surface area (Å²) in [5.74, 6) is 2.60. The lowest BCUT2D eigenvalue weighted by atomic mass is 9.94. The van der Waals surface area contributed by atoms with Crippen LogP contribution in [-0.2, 0) is 16.0 Å². The van der Waals surface area contributed by atoms with Crippen LogP contribution in [-0.4, -0.2) is 69.0 Å². The van der Waals surface area contributed by atoms with Crippen LogP contribution in [0, 0.1) is 12.8 Å². The molecule has 2 aliphatic heterocycles. The van der Waals surface area contributed by atoms with E-state index in [-0.39, 0.29) is 5.60 Å². The highest BCUT2D eigenvalue weighted by Gasteiger charge is 2.43. The molecule has 1 aromatic heterocycles. The number of hydrogen-bond acceptors (Lipinski definition) is 5. The van der Waals surface area contributed by atoms with Crippen LogP contribution in [0.3, 0.4) is 0 Å². The highest BCUT2D eigenvalue weighted by molar-refractivity contribution is 5.06. The molecule has 2 aliphatic rings. The Morgan fingerprint density at radius 3 is 2.95 bits per heavy atom. The third-order valence-corrected chi connectivity index (χ3v) is 4.51. The van der Waals surface area contributed by atoms with Crippen molar-refractivity contribution in [3.63, 3.8) is 0 Å². The summed E-state index contributed by atoms with van der Waals surface area (Å²) >= 11 is 0. The van der Waals surface area contributed by atoms with Gasteiger partial charge in [0, 0.05) is 19.6 Å². The first kappa shape index (κ1) is 16.0. The standard InChI is InChI=1S/C17H28N2O3/c1-14-4-5-16(22-14)10-19-6-7-20-13-17(12-19)8-15(11-21-17)9-18(2)3/h4-5,15H,6-13H2,1-3H3/t15-,17-/m1/s1. The predicted octanol–water partition coefficient (Wildman–Crippen LogP) is 1.76. The molecular formula is C17H28N2O3. The molecule has 0 unspecified atom stereocenters. The summed E-state index contributed by atoms with van der Waals surface area (Å²) in [5, 5.41) is 0. The number of ether oxygens (including phenoxy) is 2. The average molecular weight is 308 g/mol. The summed E-state index contributed by atoms with van der Waals surface area (Å²) in [6, 6.07) is 4.09. The van der Waals surface area contributed by atoms with E-state index >= 15 is 0 Å². The molecule has 1 spiro atoms. The Kier molecular flexibility index (Phi) is 4.88. The van der Waals surface area contributed by atoms with Crippen molar-refractivity contribution in [2.45, 2.75) is 25.5 Å². The maximum absolute atomic E-state index is 6.22. The van der Waals surface area contributed by atoms with Crippen LogP contribution < -0.4 is 0 Å². The molecular weight excluding hydrogens is 280 g/mol. The van der Waals surface area contributed by atoms with Gasteiger partial charge < -0.3 is 18.8 Å². The molecule has 2 saturated heterocycles. The van der Waals surface area contributed by atoms with Gasteiger partial charge in [-0.1, -0.05) is 0 Å². The second kappa shape index (κ2) is 6.71. The molecule has 2 atom stereocenters. The highest BCUT2D eigenvalue weighted by Crippen LogP contribution is 2.33. The normalized spacial score (nSPS) is 30.3. The van der Waals surface area contributed by atoms with Gasteiger partial charge in [-0.2, -0.15) is 0 Å². The molecule has 0 N–H and O–H groups in total. The molecule has 3 heterocycles. The molecule has 1 aromatic rings. The third-order valence-electron chi connectivity index (χ3n) is 4.51. The van der Waals surface area contributed by atoms with Crippen molar-refractivity contribution in [1.29, 1.82) is 0 Å². The fourth-order valence-corrected chi connectivity index (χ4v) is 3.69. The smallest absolute Gasteiger partial charge is 0.118 e. The van der Waals surface area contributed by atoms with Gasteiger partial charge in [0.1, 0.15) is 17.1 Å². The topological polar surface area (TPSA) is 38.1 Å². The Morgan fingerprint density at radius 1 is 1.36 bits per heavy atom. The van der Waals surface area contributed by atoms with Gasteiger partial charge in [-0.3, -0.25) is 4.90 Å². The quantitative estimate of drug-likeness (QED) is 0.847. The zero-order chi connectivity index (χ0) is 15.6. The second-order valence-electron chi connectivity index (χ2n) is 7.10. The lowest BCUT2D eigenvalue weighted by Gasteiger charge is -2.30. The Morgan fingerprint density at radius 2 is 2.23 bits per heavy atom. The molecule has 2 fully saturated rings. The molecule has 0 aromatic carbocycles. The van der Waals surface area contributed by atoms with Crippen molar-refractivity contribution < 1.29 is 13.9 Å². The van der Waals surface area contributed by atoms with Gasteiger partial charge in [0.25, 0.3) is 0 Å². The largest absolute Gasteiger partial charge is 0.465 e. The van der Waals surface area contributed by atoms with Crippen molar-refractivity contribution in [3.05, 3.63) is 23.7 Å². The summed E-state index contributed by atoms with van der Waals surface area (Å²) in [7, 11) is 4.25. The van der Waals surface area contributed by atoms with E-state index in [0.717, 1.165) is 57.3 Å². The van der Waals surface area contributed by atoms with E-state index < -0.39 is 0 Å². The lowest BCUT2D eigenvalue weighted by molar-refractivity contribution is -0.0566. The van der Waals surface area contributed by atoms with Gasteiger partial charge in [0.2, 0.25) is 0 Å². The van der Waals surface area contributed by atoms with Crippen molar-refractivity contribution in [1.82, 2.24) is 9.80 Å². The molecule has 0 saturated carbocycles. The maximum Gasteiger partial charge on any atom is 0.118 e. The zero-order valence-corrected chi connectivity index (χ0v) is 14.0. The summed E-state index contributed by atoms with van der Waals surface area (Å²) in [4.78, 5) is 4.65. The summed E-state index contributed by atoms with van der Waals surface area (Å²) in [6.45, 7) is 8.09. The zero-order valence-electron chi connectivity index (χ0n) is 14.0. The molecule has 0 radical (unpaired) electrons. The molecule has 0 amide bonds. The lowest BCUT2D eigenvalue weighted by Crippen LogP contribution is -2.44. The Bertz CT molecular complexity index is 488. The SMILES string of the molecule is Cc1ccc(CN2CCOC[C@@]3(C[C@H](CN(C)C)CO3)C2)o1. The van der Waals surface area contributed by atoms with Crippen molar-refractivity contribution >= 4 is 0 Å². The van der Waals surface area contributed by atoms with Crippen LogP contribution in [0.5, 0.6) is 0 Å². The average Bonchev–Trinajstić information content (AvgIpc) is 2.95. The van der Waals surface area contributed by atoms with Crippen molar-refractivity contribution in [3.8, 4) is 0 Å². The van der Waals surface area contributed by atoms with Crippen LogP contribution in [0.25, 0.3) is 0 Å². The first-order chi connectivity index (χ1) is 10.5. The predicted molar refractivity (Wildman–Crippen MR) is 84.9 cm³/mol. The van der Waals surface area contributed by atoms with Crippen LogP contribution in [0.2, 0.25) is 0 Å². The van der Waals surface area contributed by atoms with Crippen LogP contribution >= 0.6 is 0 Å². The van der Waals surface area contributed by atoms with E-state index in [9.17, 15) is 0 Å². The summed E-state index contributed by atoms with van der Waals surface area (Å²) < 4.78 is 17.8. The first-order valence-corrected chi connectivity index (χ1v) is 8.19. The van der Waals surface area contributed by atoms with E-state index in [2.05, 4.69) is 30.0 Å². The van der Waals surface area contributed by atoms with E-state index in [1.807, 2.05) is 13.0 Å². The fraction of sp³-hybridized carbons (Fsp3) is 0.765. The van der Waals surface area contributed by atoms with Crippen LogP contribution in [0.15, 0.2) is 16.5 Å². The Hall–Kier alpha value is -0.880. The van der Waals surface area contributed by atoms with Gasteiger partial charge in [-0.05, 0) is 45.5 Å². The first-order valence-electron chi connectivity index (χ1n) is 8.19. The molecule has 22 heavy (non-hydrogen) atoms. The van der Waals surface area contributed by atoms with Gasteiger partial charge in [0.05, 0.1) is 26.4 Å². The van der Waals surface area contributed by atoms with Crippen LogP contribution in [0.1, 0.15) is 17.9 Å². The maximum atomic E-state index is 6.22. The number of rotatable bonds is 4. The molecule has 5 nitrogen and oxygen atoms in total. The minimum atomic E-state index is -0.140. The molecule has 0 aliphatic carbocycles. The Balaban J connectivity index is 1.62. The summed E-state index contributed by atoms with van der Waals surface area (Å²) in [6.07, 6.45) is 1.08. The van der Waals surface area contributed by atoms with Gasteiger partial charge in [-0.15, -0.1) is 0 Å². The number of aryl methyl sites for hydroxylation is 1. The number of furan rings is 1. The minimum absolute atomic E-state index is 0.140. The summed E-state index contributed by atoms with van der Waals surface area (Å²) in [5.41, 5.74) is -0.140. The van der Waals surface area contributed by atoms with E-state index in [4.69, 9.17) is 13.9 Å². The fourth-order valence-electron chi connectivity index (χ4n) is 3.69. The second-order valence-corrected chi connectivity index (χ2v) is 7.10. The van der Waals surface area contributed by atoms with Crippen molar-refractivity contribution in [2.24, 2.45) is 5.92 Å². The van der Waals surface area contributed by atoms with Gasteiger partial charge in [-0.25, -0.2) is 0 Å². The van der Waals surface area contributed by atoms with Crippen molar-refractivity contribution in [2.75, 3.05) is 53.6 Å². The molecule has 5 heteroatoms. The third kappa shape index (κ3) is 3.90.